The van der Waals surface area contributed by atoms with Gasteiger partial charge in [0.1, 0.15) is 5.69 Å². The molecule has 3 rings (SSSR count). The first kappa shape index (κ1) is 18.8. The third kappa shape index (κ3) is 4.82. The van der Waals surface area contributed by atoms with Crippen LogP contribution in [0.25, 0.3) is 0 Å². The molecule has 3 N–H and O–H groups in total. The Morgan fingerprint density at radius 2 is 2.08 bits per heavy atom. The van der Waals surface area contributed by atoms with E-state index in [0.29, 0.717) is 38.2 Å². The zero-order valence-electron chi connectivity index (χ0n) is 15.4. The average Bonchev–Trinajstić information content (AvgIpc) is 3.06. The highest BCUT2D eigenvalue weighted by Crippen LogP contribution is 2.25. The zero-order valence-corrected chi connectivity index (χ0v) is 15.4. The number of piperidine rings is 1. The van der Waals surface area contributed by atoms with E-state index in [1.54, 1.807) is 24.1 Å². The summed E-state index contributed by atoms with van der Waals surface area (Å²) in [6.07, 6.45) is 5.48. The van der Waals surface area contributed by atoms with Crippen molar-refractivity contribution in [3.05, 3.63) is 18.0 Å². The Balaban J connectivity index is 1.50. The highest BCUT2D eigenvalue weighted by Gasteiger charge is 2.34. The van der Waals surface area contributed by atoms with Crippen LogP contribution in [0.1, 0.15) is 49.5 Å². The molecule has 8 heteroatoms. The quantitative estimate of drug-likeness (QED) is 0.717. The largest absolute Gasteiger partial charge is 0.388 e. The Kier molecular flexibility index (Phi) is 5.93. The standard InChI is InChI=1S/C18H29N5O3/c1-14(24)20-15-4-10-22(11-5-15)13-18(26)6-2-9-23(12-7-18)17(25)16-3-8-19-21-16/h3,8,15,26H,2,4-7,9-13H2,1H3,(H,19,21)(H,20,24). The number of nitrogens with one attached hydrogen (secondary N) is 2. The minimum atomic E-state index is -0.760. The Morgan fingerprint density at radius 3 is 2.73 bits per heavy atom. The van der Waals surface area contributed by atoms with E-state index in [-0.39, 0.29) is 17.9 Å². The van der Waals surface area contributed by atoms with E-state index in [0.717, 1.165) is 32.4 Å². The Hall–Kier alpha value is -1.93. The number of carbonyl (C=O) groups excluding carboxylic acids is 2. The lowest BCUT2D eigenvalue weighted by Crippen LogP contribution is -2.50. The van der Waals surface area contributed by atoms with E-state index >= 15 is 0 Å². The summed E-state index contributed by atoms with van der Waals surface area (Å²) < 4.78 is 0. The van der Waals surface area contributed by atoms with Crippen LogP contribution < -0.4 is 5.32 Å². The van der Waals surface area contributed by atoms with Crippen LogP contribution in [0.3, 0.4) is 0 Å². The maximum Gasteiger partial charge on any atom is 0.271 e. The number of aromatic nitrogens is 2. The number of H-pyrrole nitrogens is 1. The minimum Gasteiger partial charge on any atom is -0.388 e. The molecule has 1 unspecified atom stereocenters. The maximum absolute atomic E-state index is 12.5. The van der Waals surface area contributed by atoms with Crippen molar-refractivity contribution in [2.24, 2.45) is 0 Å². The van der Waals surface area contributed by atoms with Gasteiger partial charge in [-0.2, -0.15) is 5.10 Å². The van der Waals surface area contributed by atoms with Gasteiger partial charge in [-0.15, -0.1) is 0 Å². The summed E-state index contributed by atoms with van der Waals surface area (Å²) >= 11 is 0. The smallest absolute Gasteiger partial charge is 0.271 e. The normalized spacial score (nSPS) is 25.7. The molecule has 144 valence electrons. The molecule has 2 fully saturated rings. The third-order valence-electron chi connectivity index (χ3n) is 5.45. The van der Waals surface area contributed by atoms with Crippen molar-refractivity contribution in [2.75, 3.05) is 32.7 Å². The number of aliphatic hydroxyl groups is 1. The first-order chi connectivity index (χ1) is 12.5. The van der Waals surface area contributed by atoms with Crippen molar-refractivity contribution in [1.29, 1.82) is 0 Å². The number of hydrogen-bond acceptors (Lipinski definition) is 5. The summed E-state index contributed by atoms with van der Waals surface area (Å²) in [5.74, 6) is -0.0317. The molecule has 0 bridgehead atoms. The number of carbonyl (C=O) groups is 2. The molecule has 0 saturated carbocycles. The molecule has 1 aromatic rings. The predicted molar refractivity (Wildman–Crippen MR) is 96.6 cm³/mol. The SMILES string of the molecule is CC(=O)NC1CCN(CC2(O)CCCN(C(=O)c3ccn[nH]3)CC2)CC1. The molecule has 2 aliphatic rings. The van der Waals surface area contributed by atoms with E-state index in [1.807, 2.05) is 0 Å². The van der Waals surface area contributed by atoms with Gasteiger partial charge in [-0.25, -0.2) is 0 Å². The monoisotopic (exact) mass is 363 g/mol. The number of hydrogen-bond donors (Lipinski definition) is 3. The second-order valence-electron chi connectivity index (χ2n) is 7.59. The average molecular weight is 363 g/mol. The van der Waals surface area contributed by atoms with Crippen LogP contribution in [0, 0.1) is 0 Å². The second kappa shape index (κ2) is 8.18. The highest BCUT2D eigenvalue weighted by molar-refractivity contribution is 5.92. The van der Waals surface area contributed by atoms with Crippen molar-refractivity contribution in [3.63, 3.8) is 0 Å². The van der Waals surface area contributed by atoms with Crippen molar-refractivity contribution in [2.45, 2.75) is 50.7 Å². The molecule has 2 amide bonds. The molecule has 2 aliphatic heterocycles. The van der Waals surface area contributed by atoms with Gasteiger partial charge in [-0.05, 0) is 38.2 Å². The van der Waals surface area contributed by atoms with Gasteiger partial charge in [0.15, 0.2) is 0 Å². The molecule has 0 aromatic carbocycles. The third-order valence-corrected chi connectivity index (χ3v) is 5.45. The molecule has 0 spiro atoms. The molecule has 8 nitrogen and oxygen atoms in total. The van der Waals surface area contributed by atoms with Crippen LogP contribution >= 0.6 is 0 Å². The first-order valence-corrected chi connectivity index (χ1v) is 9.46. The number of likely N-dealkylation sites (tertiary alicyclic amines) is 2. The number of nitrogens with zero attached hydrogens (tertiary/aromatic N) is 3. The van der Waals surface area contributed by atoms with E-state index < -0.39 is 5.60 Å². The molecule has 1 atom stereocenters. The molecule has 0 aliphatic carbocycles. The fraction of sp³-hybridized carbons (Fsp3) is 0.722. The van der Waals surface area contributed by atoms with Gasteiger partial charge in [0.25, 0.3) is 5.91 Å². The van der Waals surface area contributed by atoms with Gasteiger partial charge in [-0.1, -0.05) is 0 Å². The van der Waals surface area contributed by atoms with E-state index in [4.69, 9.17) is 0 Å². The van der Waals surface area contributed by atoms with Gasteiger partial charge >= 0.3 is 0 Å². The number of amides is 2. The highest BCUT2D eigenvalue weighted by atomic mass is 16.3. The molecule has 2 saturated heterocycles. The molecule has 0 radical (unpaired) electrons. The molecular formula is C18H29N5O3. The lowest BCUT2D eigenvalue weighted by molar-refractivity contribution is -0.120. The van der Waals surface area contributed by atoms with E-state index in [2.05, 4.69) is 20.4 Å². The van der Waals surface area contributed by atoms with Crippen molar-refractivity contribution >= 4 is 11.8 Å². The van der Waals surface area contributed by atoms with Crippen LogP contribution in [-0.2, 0) is 4.79 Å². The summed E-state index contributed by atoms with van der Waals surface area (Å²) in [5.41, 5.74) is -0.264. The topological polar surface area (TPSA) is 102 Å². The van der Waals surface area contributed by atoms with Crippen LogP contribution in [-0.4, -0.2) is 81.3 Å². The molecule has 26 heavy (non-hydrogen) atoms. The fourth-order valence-corrected chi connectivity index (χ4v) is 4.02. The van der Waals surface area contributed by atoms with Crippen LogP contribution in [0.5, 0.6) is 0 Å². The zero-order chi connectivity index (χ0) is 18.6. The Bertz CT molecular complexity index is 612. The summed E-state index contributed by atoms with van der Waals surface area (Å²) in [7, 11) is 0. The summed E-state index contributed by atoms with van der Waals surface area (Å²) in [6, 6.07) is 1.92. The second-order valence-corrected chi connectivity index (χ2v) is 7.59. The Labute approximate surface area is 153 Å². The number of rotatable bonds is 4. The van der Waals surface area contributed by atoms with Gasteiger partial charge in [0.05, 0.1) is 5.60 Å². The van der Waals surface area contributed by atoms with E-state index in [9.17, 15) is 14.7 Å². The molecular weight excluding hydrogens is 334 g/mol. The van der Waals surface area contributed by atoms with Gasteiger partial charge in [0.2, 0.25) is 5.91 Å². The van der Waals surface area contributed by atoms with Crippen molar-refractivity contribution in [3.8, 4) is 0 Å². The predicted octanol–water partition coefficient (Wildman–Crippen LogP) is 0.367. The van der Waals surface area contributed by atoms with Gasteiger partial charge in [0, 0.05) is 51.9 Å². The van der Waals surface area contributed by atoms with Crippen LogP contribution in [0.4, 0.5) is 0 Å². The first-order valence-electron chi connectivity index (χ1n) is 9.46. The van der Waals surface area contributed by atoms with Crippen LogP contribution in [0.15, 0.2) is 12.3 Å². The molecule has 3 heterocycles. The number of aromatic amines is 1. The van der Waals surface area contributed by atoms with Gasteiger partial charge < -0.3 is 20.2 Å². The maximum atomic E-state index is 12.5. The number of β-amino-alcohol motifs (C(OH)–C–C–N with tert-alkyl or cyclic N) is 1. The van der Waals surface area contributed by atoms with Gasteiger partial charge in [-0.3, -0.25) is 14.7 Å². The van der Waals surface area contributed by atoms with Crippen LogP contribution in [0.2, 0.25) is 0 Å². The van der Waals surface area contributed by atoms with Crippen molar-refractivity contribution in [1.82, 2.24) is 25.3 Å². The van der Waals surface area contributed by atoms with Crippen molar-refractivity contribution < 1.29 is 14.7 Å². The summed E-state index contributed by atoms with van der Waals surface area (Å²) in [4.78, 5) is 27.7. The molecule has 1 aromatic heterocycles. The minimum absolute atomic E-state index is 0.0212. The summed E-state index contributed by atoms with van der Waals surface area (Å²) in [5, 5.41) is 20.6. The lowest BCUT2D eigenvalue weighted by Gasteiger charge is -2.38. The lowest BCUT2D eigenvalue weighted by atomic mass is 9.93. The summed E-state index contributed by atoms with van der Waals surface area (Å²) in [6.45, 7) is 5.15. The Morgan fingerprint density at radius 1 is 1.31 bits per heavy atom. The van der Waals surface area contributed by atoms with E-state index in [1.165, 1.54) is 0 Å². The fourth-order valence-electron chi connectivity index (χ4n) is 4.02.